The van der Waals surface area contributed by atoms with E-state index in [9.17, 15) is 4.79 Å². The van der Waals surface area contributed by atoms with Crippen LogP contribution in [-0.2, 0) is 6.42 Å². The first-order chi connectivity index (χ1) is 13.6. The molecule has 4 rings (SSSR count). The molecule has 140 valence electrons. The Balaban J connectivity index is 2.05. The molecular weight excluding hydrogens is 346 g/mol. The fraction of sp³-hybridized carbons (Fsp3) is 0.167. The number of aromatic nitrogens is 2. The first kappa shape index (κ1) is 18.0. The molecule has 28 heavy (non-hydrogen) atoms. The maximum Gasteiger partial charge on any atom is 0.263 e. The SMILES string of the molecule is CCc1cc2cccc(-c3cncc(N(C)C)c3)c2c(=O)n1-c1ccccc1. The van der Waals surface area contributed by atoms with E-state index in [0.29, 0.717) is 0 Å². The number of benzene rings is 2. The van der Waals surface area contributed by atoms with Crippen LogP contribution in [0, 0.1) is 0 Å². The lowest BCUT2D eigenvalue weighted by molar-refractivity contribution is 0.889. The molecule has 0 fully saturated rings. The zero-order valence-electron chi connectivity index (χ0n) is 16.4. The Kier molecular flexibility index (Phi) is 4.70. The lowest BCUT2D eigenvalue weighted by Crippen LogP contribution is -2.22. The summed E-state index contributed by atoms with van der Waals surface area (Å²) in [6.07, 6.45) is 4.43. The average molecular weight is 369 g/mol. The lowest BCUT2D eigenvalue weighted by atomic mass is 9.99. The maximum absolute atomic E-state index is 13.7. The zero-order chi connectivity index (χ0) is 19.7. The van der Waals surface area contributed by atoms with Crippen LogP contribution in [0.25, 0.3) is 27.6 Å². The number of nitrogens with zero attached hydrogens (tertiary/aromatic N) is 3. The Hall–Kier alpha value is -3.40. The molecular formula is C24H23N3O. The molecule has 0 unspecified atom stereocenters. The van der Waals surface area contributed by atoms with Gasteiger partial charge in [0, 0.05) is 37.2 Å². The van der Waals surface area contributed by atoms with Gasteiger partial charge in [-0.25, -0.2) is 0 Å². The molecule has 2 heterocycles. The van der Waals surface area contributed by atoms with Crippen molar-refractivity contribution in [3.05, 3.63) is 89.1 Å². The molecule has 4 nitrogen and oxygen atoms in total. The molecule has 0 saturated carbocycles. The maximum atomic E-state index is 13.7. The number of pyridine rings is 2. The van der Waals surface area contributed by atoms with Crippen molar-refractivity contribution in [3.8, 4) is 16.8 Å². The van der Waals surface area contributed by atoms with Crippen LogP contribution in [0.1, 0.15) is 12.6 Å². The second-order valence-corrected chi connectivity index (χ2v) is 7.06. The molecule has 4 aromatic rings. The Morgan fingerprint density at radius 3 is 2.46 bits per heavy atom. The molecule has 4 heteroatoms. The molecule has 0 saturated heterocycles. The van der Waals surface area contributed by atoms with E-state index in [1.807, 2.05) is 84.5 Å². The Bertz CT molecular complexity index is 1190. The van der Waals surface area contributed by atoms with Crippen molar-refractivity contribution in [2.45, 2.75) is 13.3 Å². The molecule has 0 bridgehead atoms. The minimum Gasteiger partial charge on any atom is -0.376 e. The highest BCUT2D eigenvalue weighted by molar-refractivity contribution is 5.96. The number of hydrogen-bond acceptors (Lipinski definition) is 3. The van der Waals surface area contributed by atoms with Gasteiger partial charge in [0.25, 0.3) is 5.56 Å². The lowest BCUT2D eigenvalue weighted by Gasteiger charge is -2.16. The first-order valence-corrected chi connectivity index (χ1v) is 9.46. The third-order valence-corrected chi connectivity index (χ3v) is 5.05. The van der Waals surface area contributed by atoms with E-state index in [4.69, 9.17) is 0 Å². The summed E-state index contributed by atoms with van der Waals surface area (Å²) in [4.78, 5) is 20.0. The van der Waals surface area contributed by atoms with E-state index >= 15 is 0 Å². The molecule has 0 aliphatic carbocycles. The number of aryl methyl sites for hydroxylation is 1. The number of rotatable bonds is 4. The van der Waals surface area contributed by atoms with Crippen LogP contribution in [0.3, 0.4) is 0 Å². The van der Waals surface area contributed by atoms with Gasteiger partial charge in [-0.2, -0.15) is 0 Å². The predicted octanol–water partition coefficient (Wildman–Crippen LogP) is 4.68. The second-order valence-electron chi connectivity index (χ2n) is 7.06. The number of para-hydroxylation sites is 1. The fourth-order valence-electron chi connectivity index (χ4n) is 3.60. The Labute approximate surface area is 164 Å². The summed E-state index contributed by atoms with van der Waals surface area (Å²) < 4.78 is 1.83. The summed E-state index contributed by atoms with van der Waals surface area (Å²) in [5.74, 6) is 0. The summed E-state index contributed by atoms with van der Waals surface area (Å²) in [6.45, 7) is 2.08. The van der Waals surface area contributed by atoms with Gasteiger partial charge >= 0.3 is 0 Å². The second kappa shape index (κ2) is 7.31. The van der Waals surface area contributed by atoms with Crippen LogP contribution < -0.4 is 10.5 Å². The van der Waals surface area contributed by atoms with E-state index in [0.717, 1.165) is 45.4 Å². The molecule has 2 aromatic heterocycles. The fourth-order valence-corrected chi connectivity index (χ4v) is 3.60. The largest absolute Gasteiger partial charge is 0.376 e. The molecule has 0 radical (unpaired) electrons. The van der Waals surface area contributed by atoms with Gasteiger partial charge in [0.05, 0.1) is 17.3 Å². The van der Waals surface area contributed by atoms with Crippen molar-refractivity contribution in [1.82, 2.24) is 9.55 Å². The highest BCUT2D eigenvalue weighted by Gasteiger charge is 2.14. The summed E-state index contributed by atoms with van der Waals surface area (Å²) in [7, 11) is 3.97. The quantitative estimate of drug-likeness (QED) is 0.524. The highest BCUT2D eigenvalue weighted by Crippen LogP contribution is 2.29. The minimum atomic E-state index is 0.00593. The molecule has 2 aromatic carbocycles. The summed E-state index contributed by atoms with van der Waals surface area (Å²) in [5, 5.41) is 1.68. The van der Waals surface area contributed by atoms with Crippen molar-refractivity contribution >= 4 is 16.5 Å². The summed E-state index contributed by atoms with van der Waals surface area (Å²) in [6, 6.07) is 20.0. The van der Waals surface area contributed by atoms with E-state index in [1.165, 1.54) is 0 Å². The molecule has 0 amide bonds. The van der Waals surface area contributed by atoms with Crippen molar-refractivity contribution in [1.29, 1.82) is 0 Å². The van der Waals surface area contributed by atoms with Gasteiger partial charge in [-0.3, -0.25) is 14.3 Å². The third-order valence-electron chi connectivity index (χ3n) is 5.05. The first-order valence-electron chi connectivity index (χ1n) is 9.46. The predicted molar refractivity (Wildman–Crippen MR) is 116 cm³/mol. The van der Waals surface area contributed by atoms with Crippen LogP contribution in [0.4, 0.5) is 5.69 Å². The van der Waals surface area contributed by atoms with Crippen molar-refractivity contribution < 1.29 is 0 Å². The van der Waals surface area contributed by atoms with Crippen LogP contribution >= 0.6 is 0 Å². The van der Waals surface area contributed by atoms with E-state index in [2.05, 4.69) is 24.0 Å². The number of fused-ring (bicyclic) bond motifs is 1. The van der Waals surface area contributed by atoms with Gasteiger partial charge in [-0.1, -0.05) is 43.3 Å². The van der Waals surface area contributed by atoms with Crippen molar-refractivity contribution in [2.24, 2.45) is 0 Å². The van der Waals surface area contributed by atoms with Gasteiger partial charge in [0.1, 0.15) is 0 Å². The Morgan fingerprint density at radius 2 is 1.75 bits per heavy atom. The molecule has 0 aliphatic rings. The van der Waals surface area contributed by atoms with Gasteiger partial charge in [-0.15, -0.1) is 0 Å². The molecule has 0 N–H and O–H groups in total. The topological polar surface area (TPSA) is 38.1 Å². The Morgan fingerprint density at radius 1 is 0.964 bits per heavy atom. The average Bonchev–Trinajstić information content (AvgIpc) is 2.73. The standard InChI is InChI=1S/C24H23N3O/c1-4-19-13-17-9-8-12-22(18-14-21(26(2)3)16-25-15-18)23(17)24(28)27(19)20-10-6-5-7-11-20/h5-16H,4H2,1-3H3. The molecule has 0 spiro atoms. The molecule has 0 atom stereocenters. The number of hydrogen-bond donors (Lipinski definition) is 0. The summed E-state index contributed by atoms with van der Waals surface area (Å²) >= 11 is 0. The van der Waals surface area contributed by atoms with Gasteiger partial charge in [-0.05, 0) is 41.6 Å². The van der Waals surface area contributed by atoms with E-state index in [-0.39, 0.29) is 5.56 Å². The minimum absolute atomic E-state index is 0.00593. The smallest absolute Gasteiger partial charge is 0.263 e. The zero-order valence-corrected chi connectivity index (χ0v) is 16.4. The molecule has 0 aliphatic heterocycles. The highest BCUT2D eigenvalue weighted by atomic mass is 16.1. The van der Waals surface area contributed by atoms with Crippen molar-refractivity contribution in [3.63, 3.8) is 0 Å². The van der Waals surface area contributed by atoms with Crippen LogP contribution in [-0.4, -0.2) is 23.6 Å². The monoisotopic (exact) mass is 369 g/mol. The van der Waals surface area contributed by atoms with Crippen LogP contribution in [0.5, 0.6) is 0 Å². The number of anilines is 1. The van der Waals surface area contributed by atoms with Gasteiger partial charge in [0.15, 0.2) is 0 Å². The van der Waals surface area contributed by atoms with E-state index < -0.39 is 0 Å². The van der Waals surface area contributed by atoms with E-state index in [1.54, 1.807) is 0 Å². The van der Waals surface area contributed by atoms with Crippen LogP contribution in [0.2, 0.25) is 0 Å². The van der Waals surface area contributed by atoms with Crippen molar-refractivity contribution in [2.75, 3.05) is 19.0 Å². The van der Waals surface area contributed by atoms with Gasteiger partial charge in [0.2, 0.25) is 0 Å². The van der Waals surface area contributed by atoms with Gasteiger partial charge < -0.3 is 4.90 Å². The normalized spacial score (nSPS) is 11.0. The third kappa shape index (κ3) is 3.07. The van der Waals surface area contributed by atoms with Crippen LogP contribution in [0.15, 0.2) is 77.9 Å². The summed E-state index contributed by atoms with van der Waals surface area (Å²) in [5.41, 5.74) is 4.75.